The molecule has 25 heavy (non-hydrogen) atoms. The van der Waals surface area contributed by atoms with E-state index in [1.807, 2.05) is 0 Å². The van der Waals surface area contributed by atoms with E-state index in [0.29, 0.717) is 0 Å². The highest BCUT2D eigenvalue weighted by atomic mass is 19.4. The van der Waals surface area contributed by atoms with Crippen LogP contribution in [0.15, 0.2) is 30.3 Å². The van der Waals surface area contributed by atoms with Crippen LogP contribution in [0.3, 0.4) is 0 Å². The van der Waals surface area contributed by atoms with Crippen molar-refractivity contribution in [2.75, 3.05) is 10.6 Å². The minimum Gasteiger partial charge on any atom is -0.366 e. The van der Waals surface area contributed by atoms with Crippen molar-refractivity contribution in [1.29, 1.82) is 0 Å². The van der Waals surface area contributed by atoms with Gasteiger partial charge in [-0.05, 0) is 30.5 Å². The minimum atomic E-state index is -4.55. The standard InChI is InChI=1S/C17H18F4N4/c18-12-7-5-11(6-8-12)10-22-15-9-14(17(19,20)21)24-16(25-15)23-13-3-1-2-4-13/h5-9,13H,1-4,10H2,(H2,22,23,24,25). The molecular formula is C17H18F4N4. The molecule has 0 saturated heterocycles. The van der Waals surface area contributed by atoms with Gasteiger partial charge in [0.15, 0.2) is 5.69 Å². The number of nitrogens with zero attached hydrogens (tertiary/aromatic N) is 2. The Balaban J connectivity index is 1.77. The smallest absolute Gasteiger partial charge is 0.366 e. The Morgan fingerprint density at radius 1 is 1.04 bits per heavy atom. The Morgan fingerprint density at radius 3 is 2.36 bits per heavy atom. The van der Waals surface area contributed by atoms with Crippen LogP contribution in [0.1, 0.15) is 36.9 Å². The summed E-state index contributed by atoms with van der Waals surface area (Å²) in [6.45, 7) is 0.234. The first-order valence-corrected chi connectivity index (χ1v) is 8.11. The molecule has 1 heterocycles. The highest BCUT2D eigenvalue weighted by Gasteiger charge is 2.34. The van der Waals surface area contributed by atoms with Crippen molar-refractivity contribution < 1.29 is 17.6 Å². The lowest BCUT2D eigenvalue weighted by Crippen LogP contribution is -2.19. The summed E-state index contributed by atoms with van der Waals surface area (Å²) in [7, 11) is 0. The van der Waals surface area contributed by atoms with Crippen LogP contribution in [0.25, 0.3) is 0 Å². The Labute approximate surface area is 142 Å². The molecule has 1 aromatic carbocycles. The van der Waals surface area contributed by atoms with Gasteiger partial charge >= 0.3 is 6.18 Å². The maximum atomic E-state index is 13.1. The van der Waals surface area contributed by atoms with Crippen molar-refractivity contribution >= 4 is 11.8 Å². The lowest BCUT2D eigenvalue weighted by atomic mass is 10.2. The molecule has 1 aromatic heterocycles. The zero-order valence-electron chi connectivity index (χ0n) is 13.4. The van der Waals surface area contributed by atoms with Gasteiger partial charge in [0.2, 0.25) is 5.95 Å². The van der Waals surface area contributed by atoms with Crippen LogP contribution >= 0.6 is 0 Å². The Morgan fingerprint density at radius 2 is 1.72 bits per heavy atom. The first-order valence-electron chi connectivity index (χ1n) is 8.11. The summed E-state index contributed by atoms with van der Waals surface area (Å²) in [5.74, 6) is -0.316. The van der Waals surface area contributed by atoms with Crippen LogP contribution in [-0.4, -0.2) is 16.0 Å². The molecule has 0 atom stereocenters. The molecule has 134 valence electrons. The summed E-state index contributed by atoms with van der Waals surface area (Å²) < 4.78 is 52.2. The molecule has 1 aliphatic rings. The zero-order valence-corrected chi connectivity index (χ0v) is 13.4. The SMILES string of the molecule is Fc1ccc(CNc2cc(C(F)(F)F)nc(NC3CCCC3)n2)cc1. The monoisotopic (exact) mass is 354 g/mol. The topological polar surface area (TPSA) is 49.8 Å². The molecule has 8 heteroatoms. The number of nitrogens with one attached hydrogen (secondary N) is 2. The normalized spacial score (nSPS) is 15.4. The molecule has 2 aromatic rings. The average Bonchev–Trinajstić information content (AvgIpc) is 3.06. The Hall–Kier alpha value is -2.38. The summed E-state index contributed by atoms with van der Waals surface area (Å²) in [6, 6.07) is 6.70. The van der Waals surface area contributed by atoms with Gasteiger partial charge in [0.1, 0.15) is 11.6 Å². The lowest BCUT2D eigenvalue weighted by molar-refractivity contribution is -0.141. The van der Waals surface area contributed by atoms with Gasteiger partial charge in [0.25, 0.3) is 0 Å². The quantitative estimate of drug-likeness (QED) is 0.771. The van der Waals surface area contributed by atoms with Crippen molar-refractivity contribution in [2.24, 2.45) is 0 Å². The molecule has 1 aliphatic carbocycles. The highest BCUT2D eigenvalue weighted by molar-refractivity contribution is 5.44. The highest BCUT2D eigenvalue weighted by Crippen LogP contribution is 2.30. The van der Waals surface area contributed by atoms with Gasteiger partial charge in [0, 0.05) is 18.7 Å². The average molecular weight is 354 g/mol. The molecule has 2 N–H and O–H groups in total. The van der Waals surface area contributed by atoms with Crippen LogP contribution in [0.4, 0.5) is 29.3 Å². The fourth-order valence-electron chi connectivity index (χ4n) is 2.80. The van der Waals surface area contributed by atoms with Gasteiger partial charge in [-0.3, -0.25) is 0 Å². The minimum absolute atomic E-state index is 0.0247. The van der Waals surface area contributed by atoms with Gasteiger partial charge in [-0.1, -0.05) is 25.0 Å². The molecule has 0 spiro atoms. The molecule has 3 rings (SSSR count). The summed E-state index contributed by atoms with van der Waals surface area (Å²) in [4.78, 5) is 7.73. The fraction of sp³-hybridized carbons (Fsp3) is 0.412. The summed E-state index contributed by atoms with van der Waals surface area (Å²) in [5, 5.41) is 5.83. The summed E-state index contributed by atoms with van der Waals surface area (Å²) in [5.41, 5.74) is -0.261. The predicted octanol–water partition coefficient (Wildman–Crippen LogP) is 4.60. The predicted molar refractivity (Wildman–Crippen MR) is 86.6 cm³/mol. The number of hydrogen-bond acceptors (Lipinski definition) is 4. The van der Waals surface area contributed by atoms with Gasteiger partial charge in [-0.2, -0.15) is 18.2 Å². The number of hydrogen-bond donors (Lipinski definition) is 2. The number of aromatic nitrogens is 2. The van der Waals surface area contributed by atoms with Crippen molar-refractivity contribution in [3.63, 3.8) is 0 Å². The Bertz CT molecular complexity index is 710. The van der Waals surface area contributed by atoms with Gasteiger partial charge < -0.3 is 10.6 Å². The Kier molecular flexibility index (Phi) is 5.06. The summed E-state index contributed by atoms with van der Waals surface area (Å²) in [6.07, 6.45) is -0.657. The number of benzene rings is 1. The first-order chi connectivity index (χ1) is 11.9. The van der Waals surface area contributed by atoms with E-state index in [2.05, 4.69) is 20.6 Å². The molecule has 0 amide bonds. The zero-order chi connectivity index (χ0) is 17.9. The van der Waals surface area contributed by atoms with Crippen molar-refractivity contribution in [2.45, 2.75) is 44.4 Å². The maximum Gasteiger partial charge on any atom is 0.433 e. The van der Waals surface area contributed by atoms with Crippen LogP contribution in [-0.2, 0) is 12.7 Å². The second-order valence-corrected chi connectivity index (χ2v) is 6.07. The van der Waals surface area contributed by atoms with Crippen LogP contribution in [0, 0.1) is 5.82 Å². The molecule has 0 unspecified atom stereocenters. The van der Waals surface area contributed by atoms with Crippen LogP contribution < -0.4 is 10.6 Å². The van der Waals surface area contributed by atoms with Crippen LogP contribution in [0.5, 0.6) is 0 Å². The fourth-order valence-corrected chi connectivity index (χ4v) is 2.80. The second-order valence-electron chi connectivity index (χ2n) is 6.07. The number of alkyl halides is 3. The number of anilines is 2. The number of halogens is 4. The molecule has 0 aliphatic heterocycles. The first kappa shape index (κ1) is 17.4. The number of rotatable bonds is 5. The van der Waals surface area contributed by atoms with E-state index in [1.165, 1.54) is 12.1 Å². The maximum absolute atomic E-state index is 13.1. The third kappa shape index (κ3) is 4.80. The van der Waals surface area contributed by atoms with Crippen molar-refractivity contribution in [3.05, 3.63) is 47.4 Å². The van der Waals surface area contributed by atoms with E-state index in [4.69, 9.17) is 0 Å². The van der Waals surface area contributed by atoms with Gasteiger partial charge in [0.05, 0.1) is 0 Å². The molecule has 0 radical (unpaired) electrons. The van der Waals surface area contributed by atoms with E-state index in [9.17, 15) is 17.6 Å². The van der Waals surface area contributed by atoms with Gasteiger partial charge in [-0.25, -0.2) is 9.37 Å². The molecular weight excluding hydrogens is 336 g/mol. The molecule has 0 bridgehead atoms. The van der Waals surface area contributed by atoms with E-state index < -0.39 is 11.9 Å². The van der Waals surface area contributed by atoms with Crippen LogP contribution in [0.2, 0.25) is 0 Å². The van der Waals surface area contributed by atoms with E-state index in [0.717, 1.165) is 37.3 Å². The van der Waals surface area contributed by atoms with Crippen molar-refractivity contribution in [3.8, 4) is 0 Å². The van der Waals surface area contributed by atoms with Crippen molar-refractivity contribution in [1.82, 2.24) is 9.97 Å². The largest absolute Gasteiger partial charge is 0.433 e. The third-order valence-corrected chi connectivity index (χ3v) is 4.09. The molecule has 4 nitrogen and oxygen atoms in total. The summed E-state index contributed by atoms with van der Waals surface area (Å²) >= 11 is 0. The van der Waals surface area contributed by atoms with E-state index in [1.54, 1.807) is 12.1 Å². The molecule has 1 saturated carbocycles. The van der Waals surface area contributed by atoms with E-state index in [-0.39, 0.29) is 30.2 Å². The second kappa shape index (κ2) is 7.25. The lowest BCUT2D eigenvalue weighted by Gasteiger charge is -2.15. The van der Waals surface area contributed by atoms with E-state index >= 15 is 0 Å². The molecule has 1 fully saturated rings. The van der Waals surface area contributed by atoms with Gasteiger partial charge in [-0.15, -0.1) is 0 Å². The third-order valence-electron chi connectivity index (χ3n) is 4.09.